The van der Waals surface area contributed by atoms with Crippen molar-refractivity contribution in [2.24, 2.45) is 11.7 Å². The fourth-order valence-corrected chi connectivity index (χ4v) is 3.74. The van der Waals surface area contributed by atoms with Crippen LogP contribution in [0.1, 0.15) is 71.1 Å². The van der Waals surface area contributed by atoms with Crippen LogP contribution < -0.4 is 11.1 Å². The monoisotopic (exact) mass is 252 g/mol. The van der Waals surface area contributed by atoms with Gasteiger partial charge in [0.1, 0.15) is 0 Å². The maximum Gasteiger partial charge on any atom is 0.237 e. The van der Waals surface area contributed by atoms with Crippen LogP contribution in [-0.4, -0.2) is 17.5 Å². The van der Waals surface area contributed by atoms with E-state index in [-0.39, 0.29) is 5.91 Å². The quantitative estimate of drug-likeness (QED) is 0.808. The van der Waals surface area contributed by atoms with Crippen molar-refractivity contribution >= 4 is 5.91 Å². The number of hydrogen-bond acceptors (Lipinski definition) is 2. The molecule has 2 rings (SSSR count). The third-order valence-electron chi connectivity index (χ3n) is 5.04. The van der Waals surface area contributed by atoms with Crippen molar-refractivity contribution in [1.82, 2.24) is 5.32 Å². The summed E-state index contributed by atoms with van der Waals surface area (Å²) in [5.74, 6) is 0.283. The number of primary amides is 1. The first-order valence-corrected chi connectivity index (χ1v) is 7.70. The van der Waals surface area contributed by atoms with Crippen LogP contribution in [0.5, 0.6) is 0 Å². The van der Waals surface area contributed by atoms with Gasteiger partial charge in [-0.3, -0.25) is 4.79 Å². The van der Waals surface area contributed by atoms with Gasteiger partial charge >= 0.3 is 0 Å². The summed E-state index contributed by atoms with van der Waals surface area (Å²) < 4.78 is 0. The molecule has 2 saturated carbocycles. The zero-order chi connectivity index (χ0) is 13.0. The van der Waals surface area contributed by atoms with Crippen molar-refractivity contribution in [3.05, 3.63) is 0 Å². The van der Waals surface area contributed by atoms with Crippen molar-refractivity contribution < 1.29 is 4.79 Å². The molecule has 0 bridgehead atoms. The van der Waals surface area contributed by atoms with Crippen LogP contribution in [0.3, 0.4) is 0 Å². The molecule has 2 fully saturated rings. The Kier molecular flexibility index (Phi) is 4.66. The molecule has 1 atom stereocenters. The molecule has 0 spiro atoms. The zero-order valence-corrected chi connectivity index (χ0v) is 11.7. The maximum atomic E-state index is 12.0. The molecular weight excluding hydrogens is 224 g/mol. The van der Waals surface area contributed by atoms with Gasteiger partial charge in [-0.15, -0.1) is 0 Å². The van der Waals surface area contributed by atoms with Crippen LogP contribution >= 0.6 is 0 Å². The summed E-state index contributed by atoms with van der Waals surface area (Å²) in [6.45, 7) is 2.04. The van der Waals surface area contributed by atoms with Gasteiger partial charge < -0.3 is 11.1 Å². The third-order valence-corrected chi connectivity index (χ3v) is 5.04. The lowest BCUT2D eigenvalue weighted by Gasteiger charge is -2.41. The van der Waals surface area contributed by atoms with E-state index in [9.17, 15) is 4.79 Å². The first kappa shape index (κ1) is 13.9. The molecule has 1 amide bonds. The number of nitrogens with two attached hydrogens (primary N) is 1. The minimum absolute atomic E-state index is 0.153. The molecule has 0 heterocycles. The summed E-state index contributed by atoms with van der Waals surface area (Å²) in [6.07, 6.45) is 12.4. The first-order chi connectivity index (χ1) is 8.63. The highest BCUT2D eigenvalue weighted by Crippen LogP contribution is 2.34. The van der Waals surface area contributed by atoms with E-state index < -0.39 is 5.54 Å². The number of carbonyl (C=O) groups is 1. The number of rotatable bonds is 4. The SMILES string of the molecule is C[C@@](NC1CCCCC1)(C(N)=O)C1CCCCC1. The Morgan fingerprint density at radius 2 is 1.50 bits per heavy atom. The first-order valence-electron chi connectivity index (χ1n) is 7.70. The summed E-state index contributed by atoms with van der Waals surface area (Å²) >= 11 is 0. The van der Waals surface area contributed by atoms with Crippen LogP contribution in [0, 0.1) is 5.92 Å². The Morgan fingerprint density at radius 1 is 1.00 bits per heavy atom. The average Bonchev–Trinajstić information content (AvgIpc) is 2.40. The van der Waals surface area contributed by atoms with E-state index in [1.54, 1.807) is 0 Å². The Labute approximate surface area is 111 Å². The fourth-order valence-electron chi connectivity index (χ4n) is 3.74. The maximum absolute atomic E-state index is 12.0. The predicted molar refractivity (Wildman–Crippen MR) is 74.2 cm³/mol. The Morgan fingerprint density at radius 3 is 2.00 bits per heavy atom. The van der Waals surface area contributed by atoms with Gasteiger partial charge in [-0.05, 0) is 38.5 Å². The summed E-state index contributed by atoms with van der Waals surface area (Å²) in [6, 6.07) is 0.498. The van der Waals surface area contributed by atoms with E-state index >= 15 is 0 Å². The summed E-state index contributed by atoms with van der Waals surface area (Å²) in [7, 11) is 0. The molecule has 3 heteroatoms. The van der Waals surface area contributed by atoms with Crippen LogP contribution in [0.15, 0.2) is 0 Å². The summed E-state index contributed by atoms with van der Waals surface area (Å²) in [4.78, 5) is 12.0. The molecule has 3 nitrogen and oxygen atoms in total. The molecule has 2 aliphatic carbocycles. The number of amides is 1. The number of carbonyl (C=O) groups excluding carboxylic acids is 1. The van der Waals surface area contributed by atoms with Gasteiger partial charge in [-0.1, -0.05) is 38.5 Å². The smallest absolute Gasteiger partial charge is 0.237 e. The van der Waals surface area contributed by atoms with Crippen LogP contribution in [-0.2, 0) is 4.79 Å². The molecule has 104 valence electrons. The van der Waals surface area contributed by atoms with Gasteiger partial charge in [0.05, 0.1) is 5.54 Å². The minimum atomic E-state index is -0.484. The van der Waals surface area contributed by atoms with Gasteiger partial charge in [-0.2, -0.15) is 0 Å². The molecule has 0 saturated heterocycles. The fraction of sp³-hybridized carbons (Fsp3) is 0.933. The van der Waals surface area contributed by atoms with Crippen LogP contribution in [0.25, 0.3) is 0 Å². The van der Waals surface area contributed by atoms with Gasteiger partial charge in [0.15, 0.2) is 0 Å². The van der Waals surface area contributed by atoms with E-state index in [0.29, 0.717) is 12.0 Å². The Bertz CT molecular complexity index is 280. The van der Waals surface area contributed by atoms with Gasteiger partial charge in [0.2, 0.25) is 5.91 Å². The molecule has 2 aliphatic rings. The predicted octanol–water partition coefficient (Wildman–Crippen LogP) is 2.73. The van der Waals surface area contributed by atoms with E-state index in [1.165, 1.54) is 51.4 Å². The number of hydrogen-bond donors (Lipinski definition) is 2. The van der Waals surface area contributed by atoms with Gasteiger partial charge in [0, 0.05) is 6.04 Å². The highest BCUT2D eigenvalue weighted by Gasteiger charge is 2.41. The minimum Gasteiger partial charge on any atom is -0.368 e. The largest absolute Gasteiger partial charge is 0.368 e. The molecule has 0 unspecified atom stereocenters. The lowest BCUT2D eigenvalue weighted by atomic mass is 9.74. The van der Waals surface area contributed by atoms with Crippen molar-refractivity contribution in [3.63, 3.8) is 0 Å². The second-order valence-corrected chi connectivity index (χ2v) is 6.38. The van der Waals surface area contributed by atoms with E-state index in [4.69, 9.17) is 5.73 Å². The molecule has 0 aromatic rings. The third kappa shape index (κ3) is 3.05. The Balaban J connectivity index is 2.02. The van der Waals surface area contributed by atoms with E-state index in [0.717, 1.165) is 12.8 Å². The van der Waals surface area contributed by atoms with Crippen LogP contribution in [0.2, 0.25) is 0 Å². The Hall–Kier alpha value is -0.570. The van der Waals surface area contributed by atoms with Crippen molar-refractivity contribution in [2.45, 2.75) is 82.7 Å². The molecule has 0 aromatic heterocycles. The summed E-state index contributed by atoms with van der Waals surface area (Å²) in [5.41, 5.74) is 5.23. The van der Waals surface area contributed by atoms with Crippen LogP contribution in [0.4, 0.5) is 0 Å². The standard InChI is InChI=1S/C15H28N2O/c1-15(14(16)18,12-8-4-2-5-9-12)17-13-10-6-3-7-11-13/h12-13,17H,2-11H2,1H3,(H2,16,18)/t15-/m0/s1. The van der Waals surface area contributed by atoms with Crippen molar-refractivity contribution in [2.75, 3.05) is 0 Å². The van der Waals surface area contributed by atoms with Crippen molar-refractivity contribution in [3.8, 4) is 0 Å². The van der Waals surface area contributed by atoms with Gasteiger partial charge in [-0.25, -0.2) is 0 Å². The second-order valence-electron chi connectivity index (χ2n) is 6.38. The number of nitrogens with one attached hydrogen (secondary N) is 1. The highest BCUT2D eigenvalue weighted by atomic mass is 16.1. The highest BCUT2D eigenvalue weighted by molar-refractivity contribution is 5.84. The molecular formula is C15H28N2O. The van der Waals surface area contributed by atoms with E-state index in [1.807, 2.05) is 6.92 Å². The lowest BCUT2D eigenvalue weighted by Crippen LogP contribution is -2.61. The average molecular weight is 252 g/mol. The molecule has 18 heavy (non-hydrogen) atoms. The lowest BCUT2D eigenvalue weighted by molar-refractivity contribution is -0.127. The zero-order valence-electron chi connectivity index (χ0n) is 11.7. The molecule has 0 radical (unpaired) electrons. The summed E-state index contributed by atoms with van der Waals surface area (Å²) in [5, 5.41) is 3.63. The van der Waals surface area contributed by atoms with E-state index in [2.05, 4.69) is 5.32 Å². The molecule has 0 aliphatic heterocycles. The second kappa shape index (κ2) is 6.05. The molecule has 3 N–H and O–H groups in total. The van der Waals surface area contributed by atoms with Crippen molar-refractivity contribution in [1.29, 1.82) is 0 Å². The normalized spacial score (nSPS) is 26.7. The topological polar surface area (TPSA) is 55.1 Å². The van der Waals surface area contributed by atoms with Gasteiger partial charge in [0.25, 0.3) is 0 Å². The molecule has 0 aromatic carbocycles.